The van der Waals surface area contributed by atoms with Crippen LogP contribution in [0.25, 0.3) is 11.4 Å². The Morgan fingerprint density at radius 1 is 1.20 bits per heavy atom. The van der Waals surface area contributed by atoms with Crippen LogP contribution in [0.5, 0.6) is 11.5 Å². The number of nitrogens with zero attached hydrogens (tertiary/aromatic N) is 3. The zero-order valence-corrected chi connectivity index (χ0v) is 17.0. The number of nitrogens with two attached hydrogens (primary N) is 1. The van der Waals surface area contributed by atoms with Gasteiger partial charge in [0.05, 0.1) is 19.3 Å². The van der Waals surface area contributed by atoms with E-state index in [2.05, 4.69) is 10.3 Å². The number of carbonyl (C=O) groups is 1. The van der Waals surface area contributed by atoms with Gasteiger partial charge in [-0.15, -0.1) is 5.10 Å². The van der Waals surface area contributed by atoms with Crippen LogP contribution >= 0.6 is 0 Å². The lowest BCUT2D eigenvalue weighted by molar-refractivity contribution is -0.115. The fourth-order valence-corrected chi connectivity index (χ4v) is 3.64. The minimum absolute atomic E-state index is 0.412. The first-order valence-corrected chi connectivity index (χ1v) is 9.63. The molecule has 8 nitrogen and oxygen atoms in total. The number of carbonyl (C=O) groups excluding carboxylic acids is 1. The Balaban J connectivity index is 1.83. The number of methoxy groups -OCH3 is 1. The number of hydrogen-bond acceptors (Lipinski definition) is 6. The number of nitrogens with one attached hydrogen (secondary N) is 1. The second-order valence-corrected chi connectivity index (χ2v) is 6.83. The third-order valence-corrected chi connectivity index (χ3v) is 4.98. The van der Waals surface area contributed by atoms with E-state index >= 15 is 0 Å². The summed E-state index contributed by atoms with van der Waals surface area (Å²) < 4.78 is 12.7. The predicted molar refractivity (Wildman–Crippen MR) is 113 cm³/mol. The number of aromatic nitrogens is 3. The molecule has 0 fully saturated rings. The summed E-state index contributed by atoms with van der Waals surface area (Å²) >= 11 is 0. The van der Waals surface area contributed by atoms with Crippen molar-refractivity contribution in [3.8, 4) is 22.9 Å². The average molecular weight is 405 g/mol. The van der Waals surface area contributed by atoms with Gasteiger partial charge in [-0.25, -0.2) is 4.68 Å². The second-order valence-electron chi connectivity index (χ2n) is 6.83. The van der Waals surface area contributed by atoms with Crippen LogP contribution in [-0.4, -0.2) is 34.4 Å². The molecule has 1 atom stereocenters. The molecule has 2 aromatic carbocycles. The maximum Gasteiger partial charge on any atom is 0.248 e. The zero-order valence-electron chi connectivity index (χ0n) is 17.0. The first-order valence-electron chi connectivity index (χ1n) is 9.63. The van der Waals surface area contributed by atoms with Crippen molar-refractivity contribution in [2.75, 3.05) is 19.0 Å². The summed E-state index contributed by atoms with van der Waals surface area (Å²) in [5, 5.41) is 7.85. The molecular weight excluding hydrogens is 382 g/mol. The number of benzene rings is 2. The molecule has 2 heterocycles. The Bertz CT molecular complexity index is 1120. The van der Waals surface area contributed by atoms with Crippen molar-refractivity contribution in [3.63, 3.8) is 0 Å². The van der Waals surface area contributed by atoms with E-state index in [9.17, 15) is 4.79 Å². The highest BCUT2D eigenvalue weighted by Gasteiger charge is 2.35. The molecule has 1 amide bonds. The van der Waals surface area contributed by atoms with Crippen LogP contribution < -0.4 is 20.5 Å². The van der Waals surface area contributed by atoms with Gasteiger partial charge in [0.15, 0.2) is 5.82 Å². The summed E-state index contributed by atoms with van der Waals surface area (Å²) in [6, 6.07) is 14.5. The number of ether oxygens (including phenoxy) is 2. The van der Waals surface area contributed by atoms with E-state index in [4.69, 9.17) is 20.3 Å². The van der Waals surface area contributed by atoms with E-state index in [1.807, 2.05) is 55.5 Å². The number of fused-ring (bicyclic) bond motifs is 1. The van der Waals surface area contributed by atoms with Crippen molar-refractivity contribution < 1.29 is 14.3 Å². The van der Waals surface area contributed by atoms with E-state index in [-0.39, 0.29) is 0 Å². The van der Waals surface area contributed by atoms with Gasteiger partial charge in [0, 0.05) is 16.8 Å². The Labute approximate surface area is 174 Å². The van der Waals surface area contributed by atoms with Crippen LogP contribution in [-0.2, 0) is 4.79 Å². The van der Waals surface area contributed by atoms with Crippen molar-refractivity contribution in [1.29, 1.82) is 0 Å². The Hall–Kier alpha value is -3.81. The molecule has 3 aromatic rings. The minimum Gasteiger partial charge on any atom is -0.496 e. The second kappa shape index (κ2) is 7.90. The number of amides is 1. The van der Waals surface area contributed by atoms with Crippen molar-refractivity contribution in [2.45, 2.75) is 19.9 Å². The standard InChI is InChI=1S/C22H23N5O3/c1-4-30-15-11-9-14(10-12-15)21-25-22-24-13(2)18(20(23)28)19(27(22)26-21)16-7-5-6-8-17(16)29-3/h5-12,19H,4H2,1-3H3,(H2,23,28)(H,24,25,26). The third kappa shape index (κ3) is 3.36. The summed E-state index contributed by atoms with van der Waals surface area (Å²) in [6.07, 6.45) is 0. The van der Waals surface area contributed by atoms with Crippen LogP contribution in [0.3, 0.4) is 0 Å². The Morgan fingerprint density at radius 3 is 2.60 bits per heavy atom. The predicted octanol–water partition coefficient (Wildman–Crippen LogP) is 3.13. The fraction of sp³-hybridized carbons (Fsp3) is 0.227. The number of hydrogen-bond donors (Lipinski definition) is 2. The summed E-state index contributed by atoms with van der Waals surface area (Å²) in [6.45, 7) is 4.34. The van der Waals surface area contributed by atoms with Crippen LogP contribution in [0.2, 0.25) is 0 Å². The normalized spacial score (nSPS) is 15.4. The van der Waals surface area contributed by atoms with Crippen molar-refractivity contribution in [2.24, 2.45) is 5.73 Å². The third-order valence-electron chi connectivity index (χ3n) is 4.98. The molecule has 1 aliphatic rings. The topological polar surface area (TPSA) is 104 Å². The minimum atomic E-state index is -0.557. The van der Waals surface area contributed by atoms with Crippen molar-refractivity contribution >= 4 is 11.9 Å². The molecule has 30 heavy (non-hydrogen) atoms. The Kier molecular flexibility index (Phi) is 5.14. The van der Waals surface area contributed by atoms with E-state index in [1.165, 1.54) is 0 Å². The largest absolute Gasteiger partial charge is 0.496 e. The summed E-state index contributed by atoms with van der Waals surface area (Å²) in [5.74, 6) is 1.94. The molecule has 154 valence electrons. The quantitative estimate of drug-likeness (QED) is 0.653. The number of rotatable bonds is 6. The van der Waals surface area contributed by atoms with E-state index < -0.39 is 11.9 Å². The molecule has 0 saturated carbocycles. The van der Waals surface area contributed by atoms with Gasteiger partial charge in [-0.3, -0.25) is 4.79 Å². The highest BCUT2D eigenvalue weighted by atomic mass is 16.5. The summed E-state index contributed by atoms with van der Waals surface area (Å²) in [5.41, 5.74) is 8.40. The first-order chi connectivity index (χ1) is 14.5. The van der Waals surface area contributed by atoms with Gasteiger partial charge in [0.1, 0.15) is 17.5 Å². The molecular formula is C22H23N5O3. The lowest BCUT2D eigenvalue weighted by Gasteiger charge is -2.28. The lowest BCUT2D eigenvalue weighted by Crippen LogP contribution is -2.32. The fourth-order valence-electron chi connectivity index (χ4n) is 3.64. The molecule has 1 aliphatic heterocycles. The van der Waals surface area contributed by atoms with Crippen molar-refractivity contribution in [3.05, 3.63) is 65.4 Å². The van der Waals surface area contributed by atoms with Crippen LogP contribution in [0.4, 0.5) is 5.95 Å². The molecule has 0 radical (unpaired) electrons. The maximum absolute atomic E-state index is 12.3. The highest BCUT2D eigenvalue weighted by Crippen LogP contribution is 2.39. The molecule has 0 aliphatic carbocycles. The molecule has 1 aromatic heterocycles. The smallest absolute Gasteiger partial charge is 0.248 e. The zero-order chi connectivity index (χ0) is 21.3. The molecule has 4 rings (SSSR count). The van der Waals surface area contributed by atoms with E-state index in [0.717, 1.165) is 16.9 Å². The van der Waals surface area contributed by atoms with Crippen LogP contribution in [0.1, 0.15) is 25.5 Å². The van der Waals surface area contributed by atoms with Gasteiger partial charge >= 0.3 is 0 Å². The van der Waals surface area contributed by atoms with E-state index in [0.29, 0.717) is 35.4 Å². The average Bonchev–Trinajstić information content (AvgIpc) is 3.16. The highest BCUT2D eigenvalue weighted by molar-refractivity contribution is 5.95. The van der Waals surface area contributed by atoms with Gasteiger partial charge in [0.2, 0.25) is 11.9 Å². The van der Waals surface area contributed by atoms with Crippen LogP contribution in [0.15, 0.2) is 59.8 Å². The molecule has 8 heteroatoms. The number of anilines is 1. The number of primary amides is 1. The van der Waals surface area contributed by atoms with Gasteiger partial charge in [-0.2, -0.15) is 4.98 Å². The SMILES string of the molecule is CCOc1ccc(-c2nc3n(n2)C(c2ccccc2OC)C(C(N)=O)=C(C)N3)cc1. The molecule has 0 spiro atoms. The molecule has 0 saturated heterocycles. The van der Waals surface area contributed by atoms with Crippen LogP contribution in [0, 0.1) is 0 Å². The summed E-state index contributed by atoms with van der Waals surface area (Å²) in [7, 11) is 1.59. The lowest BCUT2D eigenvalue weighted by atomic mass is 9.94. The summed E-state index contributed by atoms with van der Waals surface area (Å²) in [4.78, 5) is 17.0. The number of para-hydroxylation sites is 1. The van der Waals surface area contributed by atoms with Gasteiger partial charge in [0.25, 0.3) is 0 Å². The first kappa shape index (κ1) is 19.5. The molecule has 0 bridgehead atoms. The monoisotopic (exact) mass is 405 g/mol. The molecule has 3 N–H and O–H groups in total. The van der Waals surface area contributed by atoms with Crippen molar-refractivity contribution in [1.82, 2.24) is 14.8 Å². The maximum atomic E-state index is 12.3. The van der Waals surface area contributed by atoms with Gasteiger partial charge in [-0.05, 0) is 44.2 Å². The molecule has 1 unspecified atom stereocenters. The van der Waals surface area contributed by atoms with Gasteiger partial charge < -0.3 is 20.5 Å². The van der Waals surface area contributed by atoms with Gasteiger partial charge in [-0.1, -0.05) is 18.2 Å². The number of allylic oxidation sites excluding steroid dienone is 1. The Morgan fingerprint density at radius 2 is 1.93 bits per heavy atom. The van der Waals surface area contributed by atoms with E-state index in [1.54, 1.807) is 18.7 Å².